The lowest BCUT2D eigenvalue weighted by molar-refractivity contribution is -0.672. The first-order valence-corrected chi connectivity index (χ1v) is 11.4. The number of rotatable bonds is 5. The molecule has 0 saturated carbocycles. The molecule has 0 spiro atoms. The maximum Gasteiger partial charge on any atom is 0.221 e. The van der Waals surface area contributed by atoms with Crippen molar-refractivity contribution in [3.63, 3.8) is 0 Å². The highest BCUT2D eigenvalue weighted by atomic mass is 14.9. The molecule has 30 heavy (non-hydrogen) atoms. The fourth-order valence-corrected chi connectivity index (χ4v) is 5.18. The lowest BCUT2D eigenvalue weighted by Gasteiger charge is -2.15. The predicted molar refractivity (Wildman–Crippen MR) is 130 cm³/mol. The van der Waals surface area contributed by atoms with Gasteiger partial charge in [0.1, 0.15) is 7.05 Å². The number of pyridine rings is 1. The average Bonchev–Trinajstić information content (AvgIpc) is 2.95. The molecule has 0 atom stereocenters. The second-order valence-electron chi connectivity index (χ2n) is 10.2. The molecule has 0 bridgehead atoms. The van der Waals surface area contributed by atoms with Gasteiger partial charge in [-0.15, -0.1) is 0 Å². The van der Waals surface area contributed by atoms with E-state index in [1.54, 1.807) is 0 Å². The van der Waals surface area contributed by atoms with E-state index in [-0.39, 0.29) is 0 Å². The summed E-state index contributed by atoms with van der Waals surface area (Å²) in [5.74, 6) is 1.28. The summed E-state index contributed by atoms with van der Waals surface area (Å²) in [6, 6.07) is 11.9. The van der Waals surface area contributed by atoms with Crippen LogP contribution in [-0.2, 0) is 13.5 Å². The van der Waals surface area contributed by atoms with Crippen molar-refractivity contribution in [1.29, 1.82) is 0 Å². The Morgan fingerprint density at radius 2 is 1.53 bits per heavy atom. The van der Waals surface area contributed by atoms with Crippen molar-refractivity contribution in [3.05, 3.63) is 75.6 Å². The number of aromatic nitrogens is 1. The Balaban J connectivity index is 2.10. The molecule has 1 aliphatic carbocycles. The van der Waals surface area contributed by atoms with Crippen LogP contribution in [0.2, 0.25) is 0 Å². The minimum atomic E-state index is 0.615. The standard InChI is InChI=1S/C29H36N/c1-17(2)11-22-15-23-9-10-30(8)29-27(23)26(16-22)25(12-18(3)4)28(29)24-14-19(5)13-20(6)21(24)7/h9-10,13-18H,11-12H2,1-8H3/q+1. The molecule has 3 aromatic rings. The van der Waals surface area contributed by atoms with E-state index in [1.807, 2.05) is 0 Å². The summed E-state index contributed by atoms with van der Waals surface area (Å²) in [6.45, 7) is 16.1. The number of aryl methyl sites for hydroxylation is 3. The molecular weight excluding hydrogens is 362 g/mol. The number of benzene rings is 2. The number of allylic oxidation sites excluding steroid dienone is 1. The molecule has 1 heteroatoms. The maximum absolute atomic E-state index is 2.49. The maximum atomic E-state index is 2.49. The molecule has 0 radical (unpaired) electrons. The summed E-state index contributed by atoms with van der Waals surface area (Å²) in [6.07, 6.45) is 4.49. The van der Waals surface area contributed by atoms with E-state index in [4.69, 9.17) is 0 Å². The van der Waals surface area contributed by atoms with Crippen LogP contribution in [0.3, 0.4) is 0 Å². The SMILES string of the molecule is Cc1cc(C)c(C)c(C2=C(CC(C)C)c3cc(CC(C)C)cc4cc[n+](C)c2c34)c1. The molecule has 0 unspecified atom stereocenters. The monoisotopic (exact) mass is 398 g/mol. The average molecular weight is 399 g/mol. The molecule has 1 aliphatic rings. The normalized spacial score (nSPS) is 13.4. The van der Waals surface area contributed by atoms with Crippen molar-refractivity contribution in [2.75, 3.05) is 0 Å². The highest BCUT2D eigenvalue weighted by Crippen LogP contribution is 2.47. The van der Waals surface area contributed by atoms with Gasteiger partial charge < -0.3 is 0 Å². The lowest BCUT2D eigenvalue weighted by atomic mass is 9.88. The Morgan fingerprint density at radius 3 is 2.20 bits per heavy atom. The minimum absolute atomic E-state index is 0.615. The van der Waals surface area contributed by atoms with Gasteiger partial charge in [-0.05, 0) is 84.2 Å². The third-order valence-corrected chi connectivity index (χ3v) is 6.50. The van der Waals surface area contributed by atoms with Crippen LogP contribution in [0.5, 0.6) is 0 Å². The minimum Gasteiger partial charge on any atom is -0.200 e. The molecule has 0 saturated heterocycles. The zero-order valence-electron chi connectivity index (χ0n) is 20.0. The Hall–Kier alpha value is -2.41. The van der Waals surface area contributed by atoms with E-state index in [2.05, 4.69) is 96.6 Å². The van der Waals surface area contributed by atoms with E-state index in [1.165, 1.54) is 61.0 Å². The van der Waals surface area contributed by atoms with Gasteiger partial charge in [-0.1, -0.05) is 57.5 Å². The summed E-state index contributed by atoms with van der Waals surface area (Å²) < 4.78 is 2.34. The van der Waals surface area contributed by atoms with Gasteiger partial charge >= 0.3 is 0 Å². The van der Waals surface area contributed by atoms with Crippen molar-refractivity contribution in [2.24, 2.45) is 18.9 Å². The molecule has 1 nitrogen and oxygen atoms in total. The van der Waals surface area contributed by atoms with Crippen LogP contribution in [0.4, 0.5) is 0 Å². The molecular formula is C29H36N+. The largest absolute Gasteiger partial charge is 0.221 e. The zero-order valence-corrected chi connectivity index (χ0v) is 20.0. The van der Waals surface area contributed by atoms with Gasteiger partial charge in [0, 0.05) is 6.07 Å². The number of hydrogen-bond acceptors (Lipinski definition) is 0. The summed E-state index contributed by atoms with van der Waals surface area (Å²) in [4.78, 5) is 0. The Morgan fingerprint density at radius 1 is 0.833 bits per heavy atom. The zero-order chi connectivity index (χ0) is 21.7. The molecule has 0 fully saturated rings. The fourth-order valence-electron chi connectivity index (χ4n) is 5.18. The van der Waals surface area contributed by atoms with Crippen LogP contribution in [0, 0.1) is 32.6 Å². The highest BCUT2D eigenvalue weighted by Gasteiger charge is 2.33. The van der Waals surface area contributed by atoms with Crippen molar-refractivity contribution < 1.29 is 4.57 Å². The molecule has 0 aliphatic heterocycles. The molecule has 2 aromatic carbocycles. The first kappa shape index (κ1) is 20.8. The second-order valence-corrected chi connectivity index (χ2v) is 10.2. The van der Waals surface area contributed by atoms with Crippen molar-refractivity contribution in [3.8, 4) is 0 Å². The van der Waals surface area contributed by atoms with E-state index < -0.39 is 0 Å². The number of hydrogen-bond donors (Lipinski definition) is 0. The first-order valence-electron chi connectivity index (χ1n) is 11.4. The van der Waals surface area contributed by atoms with Gasteiger partial charge in [0.15, 0.2) is 6.20 Å². The summed E-state index contributed by atoms with van der Waals surface area (Å²) in [5.41, 5.74) is 12.9. The topological polar surface area (TPSA) is 3.88 Å². The molecule has 0 amide bonds. The highest BCUT2D eigenvalue weighted by molar-refractivity contribution is 6.16. The van der Waals surface area contributed by atoms with Gasteiger partial charge in [0.25, 0.3) is 0 Å². The molecule has 156 valence electrons. The summed E-state index contributed by atoms with van der Waals surface area (Å²) >= 11 is 0. The van der Waals surface area contributed by atoms with Crippen LogP contribution in [0.15, 0.2) is 36.5 Å². The fraction of sp³-hybridized carbons (Fsp3) is 0.414. The van der Waals surface area contributed by atoms with Crippen LogP contribution in [0.1, 0.15) is 73.2 Å². The smallest absolute Gasteiger partial charge is 0.200 e. The van der Waals surface area contributed by atoms with Crippen molar-refractivity contribution in [1.82, 2.24) is 0 Å². The van der Waals surface area contributed by atoms with E-state index >= 15 is 0 Å². The van der Waals surface area contributed by atoms with Crippen LogP contribution in [0.25, 0.3) is 21.9 Å². The van der Waals surface area contributed by atoms with Crippen LogP contribution in [-0.4, -0.2) is 0 Å². The van der Waals surface area contributed by atoms with Crippen molar-refractivity contribution in [2.45, 2.75) is 61.3 Å². The van der Waals surface area contributed by atoms with Gasteiger partial charge in [-0.25, -0.2) is 4.57 Å². The van der Waals surface area contributed by atoms with E-state index in [9.17, 15) is 0 Å². The Bertz CT molecular complexity index is 1170. The molecule has 4 rings (SSSR count). The molecule has 1 heterocycles. The van der Waals surface area contributed by atoms with Crippen LogP contribution >= 0.6 is 0 Å². The van der Waals surface area contributed by atoms with Crippen molar-refractivity contribution >= 4 is 21.9 Å². The van der Waals surface area contributed by atoms with Gasteiger partial charge in [0.2, 0.25) is 5.69 Å². The Kier molecular flexibility index (Phi) is 5.34. The van der Waals surface area contributed by atoms with Gasteiger partial charge in [0.05, 0.1) is 11.0 Å². The Labute approximate surface area is 182 Å². The van der Waals surface area contributed by atoms with Crippen LogP contribution < -0.4 is 4.57 Å². The number of nitrogens with zero attached hydrogens (tertiary/aromatic N) is 1. The van der Waals surface area contributed by atoms with Gasteiger partial charge in [-0.3, -0.25) is 0 Å². The lowest BCUT2D eigenvalue weighted by Crippen LogP contribution is -2.32. The third kappa shape index (κ3) is 3.49. The molecule has 0 N–H and O–H groups in total. The second kappa shape index (κ2) is 7.69. The predicted octanol–water partition coefficient (Wildman–Crippen LogP) is 7.11. The quantitative estimate of drug-likeness (QED) is 0.403. The van der Waals surface area contributed by atoms with E-state index in [0.717, 1.165) is 12.8 Å². The van der Waals surface area contributed by atoms with Gasteiger partial charge in [-0.2, -0.15) is 0 Å². The summed E-state index contributed by atoms with van der Waals surface area (Å²) in [5, 5.41) is 2.83. The third-order valence-electron chi connectivity index (χ3n) is 6.50. The summed E-state index contributed by atoms with van der Waals surface area (Å²) in [7, 11) is 2.21. The van der Waals surface area contributed by atoms with E-state index in [0.29, 0.717) is 11.8 Å². The first-order chi connectivity index (χ1) is 14.2. The molecule has 1 aromatic heterocycles.